The number of thioether (sulfide) groups is 1. The molecule has 100 valence electrons. The summed E-state index contributed by atoms with van der Waals surface area (Å²) in [4.78, 5) is 10.4. The zero-order chi connectivity index (χ0) is 13.7. The Balaban J connectivity index is 1.90. The number of aliphatic carboxylic acids is 1. The minimum absolute atomic E-state index is 0.118. The smallest absolute Gasteiger partial charge is 0.314 e. The Bertz CT molecular complexity index is 575. The van der Waals surface area contributed by atoms with Gasteiger partial charge in [0.05, 0.1) is 4.47 Å². The van der Waals surface area contributed by atoms with Crippen LogP contribution in [-0.2, 0) is 11.4 Å². The van der Waals surface area contributed by atoms with Crippen LogP contribution in [0.5, 0.6) is 5.75 Å². The largest absolute Gasteiger partial charge is 0.483 e. The van der Waals surface area contributed by atoms with Crippen molar-refractivity contribution in [2.75, 3.05) is 5.75 Å². The number of carboxylic acid groups (broad SMARTS) is 1. The maximum atomic E-state index is 10.4. The molecule has 0 aliphatic carbocycles. The number of hydrogen-bond acceptors (Lipinski definition) is 6. The van der Waals surface area contributed by atoms with Crippen LogP contribution < -0.4 is 4.74 Å². The second kappa shape index (κ2) is 6.58. The molecule has 1 N–H and O–H groups in total. The lowest BCUT2D eigenvalue weighted by Gasteiger charge is -2.04. The molecule has 1 aromatic heterocycles. The van der Waals surface area contributed by atoms with Crippen LogP contribution in [0.25, 0.3) is 0 Å². The third-order valence-corrected chi connectivity index (χ3v) is 3.41. The van der Waals surface area contributed by atoms with Gasteiger partial charge in [-0.05, 0) is 28.1 Å². The molecule has 0 fully saturated rings. The summed E-state index contributed by atoms with van der Waals surface area (Å²) in [5.41, 5.74) is 0. The zero-order valence-electron chi connectivity index (χ0n) is 9.58. The molecule has 6 nitrogen and oxygen atoms in total. The highest BCUT2D eigenvalue weighted by Crippen LogP contribution is 2.25. The molecule has 2 aromatic rings. The van der Waals surface area contributed by atoms with Crippen LogP contribution in [0.15, 0.2) is 38.4 Å². The molecule has 8 heteroatoms. The van der Waals surface area contributed by atoms with E-state index in [0.29, 0.717) is 11.6 Å². The van der Waals surface area contributed by atoms with E-state index in [2.05, 4.69) is 26.1 Å². The van der Waals surface area contributed by atoms with Gasteiger partial charge >= 0.3 is 5.97 Å². The number of para-hydroxylation sites is 1. The lowest BCUT2D eigenvalue weighted by Crippen LogP contribution is -1.97. The second-order valence-corrected chi connectivity index (χ2v) is 5.14. The molecule has 0 amide bonds. The van der Waals surface area contributed by atoms with E-state index >= 15 is 0 Å². The zero-order valence-corrected chi connectivity index (χ0v) is 12.0. The molecule has 1 heterocycles. The second-order valence-electron chi connectivity index (χ2n) is 3.36. The molecule has 19 heavy (non-hydrogen) atoms. The van der Waals surface area contributed by atoms with Gasteiger partial charge in [0.2, 0.25) is 0 Å². The molecule has 0 bridgehead atoms. The molecule has 0 aliphatic heterocycles. The molecule has 2 rings (SSSR count). The predicted molar refractivity (Wildman–Crippen MR) is 71.1 cm³/mol. The fraction of sp³-hybridized carbons (Fsp3) is 0.182. The number of nitrogens with zero attached hydrogens (tertiary/aromatic N) is 2. The van der Waals surface area contributed by atoms with E-state index in [4.69, 9.17) is 14.3 Å². The van der Waals surface area contributed by atoms with Crippen LogP contribution >= 0.6 is 27.7 Å². The monoisotopic (exact) mass is 344 g/mol. The van der Waals surface area contributed by atoms with Crippen molar-refractivity contribution >= 4 is 33.7 Å². The summed E-state index contributed by atoms with van der Waals surface area (Å²) in [5, 5.41) is 16.2. The van der Waals surface area contributed by atoms with Crippen molar-refractivity contribution in [2.24, 2.45) is 0 Å². The summed E-state index contributed by atoms with van der Waals surface area (Å²) in [6, 6.07) is 7.39. The average Bonchev–Trinajstić information content (AvgIpc) is 2.83. The van der Waals surface area contributed by atoms with Crippen LogP contribution in [0, 0.1) is 0 Å². The number of rotatable bonds is 6. The van der Waals surface area contributed by atoms with Gasteiger partial charge in [0.25, 0.3) is 11.1 Å². The summed E-state index contributed by atoms with van der Waals surface area (Å²) in [6.45, 7) is 0.128. The minimum atomic E-state index is -0.936. The number of carbonyl (C=O) groups is 1. The van der Waals surface area contributed by atoms with Gasteiger partial charge in [0.1, 0.15) is 11.5 Å². The summed E-state index contributed by atoms with van der Waals surface area (Å²) in [5.74, 6) is -0.0921. The Hall–Kier alpha value is -1.54. The average molecular weight is 345 g/mol. The number of benzene rings is 1. The molecule has 0 saturated heterocycles. The number of halogens is 1. The van der Waals surface area contributed by atoms with E-state index in [9.17, 15) is 4.79 Å². The normalized spacial score (nSPS) is 10.4. The van der Waals surface area contributed by atoms with Gasteiger partial charge in [-0.25, -0.2) is 0 Å². The van der Waals surface area contributed by atoms with E-state index in [1.165, 1.54) is 0 Å². The Labute approximate surface area is 121 Å². The van der Waals surface area contributed by atoms with Crippen molar-refractivity contribution in [3.05, 3.63) is 34.6 Å². The van der Waals surface area contributed by atoms with Crippen LogP contribution in [0.3, 0.4) is 0 Å². The van der Waals surface area contributed by atoms with Crippen molar-refractivity contribution in [1.82, 2.24) is 10.2 Å². The standard InChI is InChI=1S/C11H9BrN2O4S/c12-7-3-1-2-4-8(7)17-5-9-13-14-11(18-9)19-6-10(15)16/h1-4H,5-6H2,(H,15,16). The van der Waals surface area contributed by atoms with Gasteiger partial charge in [-0.2, -0.15) is 0 Å². The van der Waals surface area contributed by atoms with Crippen molar-refractivity contribution in [2.45, 2.75) is 11.8 Å². The fourth-order valence-corrected chi connectivity index (χ4v) is 2.08. The Morgan fingerprint density at radius 2 is 2.21 bits per heavy atom. The SMILES string of the molecule is O=C(O)CSc1nnc(COc2ccccc2Br)o1. The van der Waals surface area contributed by atoms with Gasteiger partial charge in [-0.1, -0.05) is 23.9 Å². The van der Waals surface area contributed by atoms with E-state index in [0.717, 1.165) is 16.2 Å². The first-order valence-corrected chi connectivity index (χ1v) is 6.97. The number of ether oxygens (including phenoxy) is 1. The summed E-state index contributed by atoms with van der Waals surface area (Å²) in [6.07, 6.45) is 0. The first kappa shape index (κ1) is 13.9. The van der Waals surface area contributed by atoms with Gasteiger partial charge in [0, 0.05) is 0 Å². The molecule has 0 radical (unpaired) electrons. The molecular weight excluding hydrogens is 336 g/mol. The number of aromatic nitrogens is 2. The highest BCUT2D eigenvalue weighted by molar-refractivity contribution is 9.10. The lowest BCUT2D eigenvalue weighted by molar-refractivity contribution is -0.133. The van der Waals surface area contributed by atoms with Crippen LogP contribution in [0.1, 0.15) is 5.89 Å². The molecule has 1 aromatic carbocycles. The molecular formula is C11H9BrN2O4S. The minimum Gasteiger partial charge on any atom is -0.483 e. The van der Waals surface area contributed by atoms with Crippen molar-refractivity contribution < 1.29 is 19.1 Å². The van der Waals surface area contributed by atoms with Crippen LogP contribution in [0.4, 0.5) is 0 Å². The highest BCUT2D eigenvalue weighted by atomic mass is 79.9. The van der Waals surface area contributed by atoms with E-state index in [1.54, 1.807) is 6.07 Å². The Morgan fingerprint density at radius 3 is 2.95 bits per heavy atom. The molecule has 0 saturated carbocycles. The highest BCUT2D eigenvalue weighted by Gasteiger charge is 2.10. The summed E-state index contributed by atoms with van der Waals surface area (Å²) >= 11 is 4.32. The quantitative estimate of drug-likeness (QED) is 0.806. The first-order chi connectivity index (χ1) is 9.15. The molecule has 0 atom stereocenters. The van der Waals surface area contributed by atoms with Gasteiger partial charge in [-0.15, -0.1) is 10.2 Å². The predicted octanol–water partition coefficient (Wildman–Crippen LogP) is 2.59. The summed E-state index contributed by atoms with van der Waals surface area (Å²) < 4.78 is 11.6. The van der Waals surface area contributed by atoms with Crippen molar-refractivity contribution in [1.29, 1.82) is 0 Å². The third kappa shape index (κ3) is 4.25. The van der Waals surface area contributed by atoms with E-state index in [-0.39, 0.29) is 17.6 Å². The summed E-state index contributed by atoms with van der Waals surface area (Å²) in [7, 11) is 0. The first-order valence-electron chi connectivity index (χ1n) is 5.19. The number of hydrogen-bond donors (Lipinski definition) is 1. The number of carboxylic acids is 1. The topological polar surface area (TPSA) is 85.5 Å². The van der Waals surface area contributed by atoms with Crippen molar-refractivity contribution in [3.8, 4) is 5.75 Å². The molecule has 0 spiro atoms. The molecule has 0 unspecified atom stereocenters. The maximum Gasteiger partial charge on any atom is 0.314 e. The van der Waals surface area contributed by atoms with E-state index in [1.807, 2.05) is 18.2 Å². The Morgan fingerprint density at radius 1 is 1.42 bits per heavy atom. The van der Waals surface area contributed by atoms with Gasteiger partial charge in [-0.3, -0.25) is 4.79 Å². The fourth-order valence-electron chi connectivity index (χ4n) is 1.18. The van der Waals surface area contributed by atoms with Gasteiger partial charge < -0.3 is 14.3 Å². The van der Waals surface area contributed by atoms with Crippen LogP contribution in [0.2, 0.25) is 0 Å². The van der Waals surface area contributed by atoms with Gasteiger partial charge in [0.15, 0.2) is 6.61 Å². The lowest BCUT2D eigenvalue weighted by atomic mass is 10.3. The molecule has 0 aliphatic rings. The van der Waals surface area contributed by atoms with Crippen molar-refractivity contribution in [3.63, 3.8) is 0 Å². The maximum absolute atomic E-state index is 10.4. The Kier molecular flexibility index (Phi) is 4.80. The third-order valence-electron chi connectivity index (χ3n) is 1.96. The van der Waals surface area contributed by atoms with E-state index < -0.39 is 5.97 Å². The van der Waals surface area contributed by atoms with Crippen LogP contribution in [-0.4, -0.2) is 27.0 Å².